The fourth-order valence-corrected chi connectivity index (χ4v) is 2.93. The fourth-order valence-electron chi connectivity index (χ4n) is 2.03. The van der Waals surface area contributed by atoms with E-state index >= 15 is 0 Å². The minimum absolute atomic E-state index is 0.554. The van der Waals surface area contributed by atoms with Crippen molar-refractivity contribution in [2.75, 3.05) is 4.90 Å². The van der Waals surface area contributed by atoms with Gasteiger partial charge < -0.3 is 0 Å². The Bertz CT molecular complexity index is 819. The lowest BCUT2D eigenvalue weighted by Crippen LogP contribution is -2.13. The molecule has 0 aliphatic heterocycles. The Morgan fingerprint density at radius 2 is 1.82 bits per heavy atom. The van der Waals surface area contributed by atoms with Gasteiger partial charge >= 0.3 is 0 Å². The van der Waals surface area contributed by atoms with Crippen molar-refractivity contribution in [3.8, 4) is 16.5 Å². The van der Waals surface area contributed by atoms with Crippen LogP contribution in [0.25, 0.3) is 10.4 Å². The summed E-state index contributed by atoms with van der Waals surface area (Å²) < 4.78 is 0. The van der Waals surface area contributed by atoms with Gasteiger partial charge in [0.05, 0.1) is 22.2 Å². The van der Waals surface area contributed by atoms with Crippen LogP contribution in [0.5, 0.6) is 0 Å². The molecule has 4 nitrogen and oxygen atoms in total. The lowest BCUT2D eigenvalue weighted by Gasteiger charge is -2.13. The molecule has 3 aromatic rings. The van der Waals surface area contributed by atoms with E-state index in [2.05, 4.69) is 11.1 Å². The molecule has 0 radical (unpaired) electrons. The summed E-state index contributed by atoms with van der Waals surface area (Å²) in [7, 11) is 0. The van der Waals surface area contributed by atoms with E-state index in [0.717, 1.165) is 16.9 Å². The normalized spacial score (nSPS) is 9.95. The number of hydrogen-bond acceptors (Lipinski definition) is 4. The highest BCUT2D eigenvalue weighted by Crippen LogP contribution is 2.33. The Kier molecular flexibility index (Phi) is 3.95. The lowest BCUT2D eigenvalue weighted by atomic mass is 10.2. The van der Waals surface area contributed by atoms with Crippen molar-refractivity contribution in [2.45, 2.75) is 0 Å². The summed E-state index contributed by atoms with van der Waals surface area (Å²) in [6.45, 7) is 0. The van der Waals surface area contributed by atoms with Crippen molar-refractivity contribution >= 4 is 28.6 Å². The monoisotopic (exact) mass is 305 g/mol. The maximum atomic E-state index is 11.4. The first kappa shape index (κ1) is 14.0. The van der Waals surface area contributed by atoms with Gasteiger partial charge in [-0.15, -0.1) is 0 Å². The lowest BCUT2D eigenvalue weighted by molar-refractivity contribution is -0.106. The number of aromatic nitrogens is 1. The van der Waals surface area contributed by atoms with Crippen molar-refractivity contribution in [1.29, 1.82) is 5.26 Å². The van der Waals surface area contributed by atoms with Gasteiger partial charge in [-0.3, -0.25) is 9.69 Å². The molecule has 0 atom stereocenters. The molecule has 0 unspecified atom stereocenters. The number of hydrogen-bond donors (Lipinski definition) is 0. The summed E-state index contributed by atoms with van der Waals surface area (Å²) in [6, 6.07) is 18.8. The van der Waals surface area contributed by atoms with Crippen LogP contribution in [-0.4, -0.2) is 11.4 Å². The van der Waals surface area contributed by atoms with Crippen LogP contribution in [0.2, 0.25) is 0 Å². The van der Waals surface area contributed by atoms with Crippen LogP contribution in [0.4, 0.5) is 10.8 Å². The fraction of sp³-hybridized carbons (Fsp3) is 0. The molecular weight excluding hydrogens is 294 g/mol. The average molecular weight is 305 g/mol. The number of thiazole rings is 1. The molecule has 5 heteroatoms. The molecule has 22 heavy (non-hydrogen) atoms. The molecule has 2 aromatic carbocycles. The molecule has 0 saturated carbocycles. The minimum Gasteiger partial charge on any atom is -0.278 e. The molecule has 106 valence electrons. The first-order chi connectivity index (χ1) is 10.8. The predicted octanol–water partition coefficient (Wildman–Crippen LogP) is 3.98. The number of benzene rings is 2. The Labute approximate surface area is 131 Å². The van der Waals surface area contributed by atoms with Crippen LogP contribution in [-0.2, 0) is 4.79 Å². The number of carbonyl (C=O) groups excluding carboxylic acids is 1. The van der Waals surface area contributed by atoms with Gasteiger partial charge in [0.1, 0.15) is 0 Å². The molecular formula is C17H11N3OS. The van der Waals surface area contributed by atoms with Crippen LogP contribution < -0.4 is 4.90 Å². The Hall–Kier alpha value is -2.97. The van der Waals surface area contributed by atoms with Gasteiger partial charge in [0, 0.05) is 6.20 Å². The van der Waals surface area contributed by atoms with Gasteiger partial charge in [-0.25, -0.2) is 4.98 Å². The van der Waals surface area contributed by atoms with Gasteiger partial charge in [-0.2, -0.15) is 5.26 Å². The summed E-state index contributed by atoms with van der Waals surface area (Å²) in [5.74, 6) is 0. The van der Waals surface area contributed by atoms with E-state index in [0.29, 0.717) is 16.4 Å². The molecule has 1 heterocycles. The Morgan fingerprint density at radius 3 is 2.45 bits per heavy atom. The highest BCUT2D eigenvalue weighted by atomic mass is 32.1. The third kappa shape index (κ3) is 2.73. The molecule has 0 bridgehead atoms. The van der Waals surface area contributed by atoms with Crippen LogP contribution in [0.3, 0.4) is 0 Å². The summed E-state index contributed by atoms with van der Waals surface area (Å²) in [4.78, 5) is 18.2. The first-order valence-electron chi connectivity index (χ1n) is 6.58. The predicted molar refractivity (Wildman–Crippen MR) is 86.9 cm³/mol. The number of rotatable bonds is 4. The van der Waals surface area contributed by atoms with E-state index in [1.54, 1.807) is 30.5 Å². The average Bonchev–Trinajstić information content (AvgIpc) is 3.07. The summed E-state index contributed by atoms with van der Waals surface area (Å²) in [5, 5.41) is 9.42. The SMILES string of the molecule is N#Cc1ccc(N(C=O)c2ncc(-c3ccccc3)s2)cc1. The van der Waals surface area contributed by atoms with Crippen molar-refractivity contribution in [2.24, 2.45) is 0 Å². The smallest absolute Gasteiger partial charge is 0.220 e. The molecule has 0 N–H and O–H groups in total. The summed E-state index contributed by atoms with van der Waals surface area (Å²) >= 11 is 1.44. The van der Waals surface area contributed by atoms with E-state index < -0.39 is 0 Å². The van der Waals surface area contributed by atoms with Gasteiger partial charge in [-0.05, 0) is 29.8 Å². The van der Waals surface area contributed by atoms with Crippen LogP contribution in [0.1, 0.15) is 5.56 Å². The second-order valence-corrected chi connectivity index (χ2v) is 5.52. The van der Waals surface area contributed by atoms with Crippen LogP contribution >= 0.6 is 11.3 Å². The topological polar surface area (TPSA) is 57.0 Å². The number of nitriles is 1. The largest absolute Gasteiger partial charge is 0.278 e. The zero-order valence-corrected chi connectivity index (χ0v) is 12.3. The van der Waals surface area contributed by atoms with E-state index in [1.807, 2.05) is 30.3 Å². The van der Waals surface area contributed by atoms with Crippen LogP contribution in [0.15, 0.2) is 60.8 Å². The number of anilines is 2. The third-order valence-corrected chi connectivity index (χ3v) is 4.18. The standard InChI is InChI=1S/C17H11N3OS/c18-10-13-6-8-15(9-7-13)20(12-21)17-19-11-16(22-17)14-4-2-1-3-5-14/h1-9,11-12H. The van der Waals surface area contributed by atoms with E-state index in [1.165, 1.54) is 16.2 Å². The van der Waals surface area contributed by atoms with E-state index in [-0.39, 0.29) is 0 Å². The summed E-state index contributed by atoms with van der Waals surface area (Å²) in [6.07, 6.45) is 2.49. The zero-order chi connectivity index (χ0) is 15.4. The van der Waals surface area contributed by atoms with Crippen molar-refractivity contribution in [3.05, 3.63) is 66.4 Å². The molecule has 0 fully saturated rings. The maximum Gasteiger partial charge on any atom is 0.220 e. The molecule has 0 aliphatic rings. The molecule has 0 saturated heterocycles. The van der Waals surface area contributed by atoms with E-state index in [4.69, 9.17) is 5.26 Å². The minimum atomic E-state index is 0.554. The van der Waals surface area contributed by atoms with Crippen molar-refractivity contribution in [3.63, 3.8) is 0 Å². The number of amides is 1. The molecule has 1 amide bonds. The van der Waals surface area contributed by atoms with Crippen molar-refractivity contribution < 1.29 is 4.79 Å². The van der Waals surface area contributed by atoms with Crippen molar-refractivity contribution in [1.82, 2.24) is 4.98 Å². The first-order valence-corrected chi connectivity index (χ1v) is 7.39. The van der Waals surface area contributed by atoms with Gasteiger partial charge in [0.2, 0.25) is 6.41 Å². The molecule has 3 rings (SSSR count). The summed E-state index contributed by atoms with van der Waals surface area (Å²) in [5.41, 5.74) is 2.30. The number of carbonyl (C=O) groups is 1. The number of nitrogens with zero attached hydrogens (tertiary/aromatic N) is 3. The second-order valence-electron chi connectivity index (χ2n) is 4.51. The maximum absolute atomic E-state index is 11.4. The third-order valence-electron chi connectivity index (χ3n) is 3.14. The highest BCUT2D eigenvalue weighted by Gasteiger charge is 2.13. The highest BCUT2D eigenvalue weighted by molar-refractivity contribution is 7.19. The Balaban J connectivity index is 1.93. The molecule has 0 aliphatic carbocycles. The van der Waals surface area contributed by atoms with E-state index in [9.17, 15) is 4.79 Å². The molecule has 1 aromatic heterocycles. The van der Waals surface area contributed by atoms with Gasteiger partial charge in [-0.1, -0.05) is 41.7 Å². The Morgan fingerprint density at radius 1 is 1.09 bits per heavy atom. The van der Waals surface area contributed by atoms with Gasteiger partial charge in [0.25, 0.3) is 0 Å². The molecule has 0 spiro atoms. The zero-order valence-electron chi connectivity index (χ0n) is 11.5. The van der Waals surface area contributed by atoms with Crippen LogP contribution in [0, 0.1) is 11.3 Å². The quantitative estimate of drug-likeness (QED) is 0.685. The second kappa shape index (κ2) is 6.20. The van der Waals surface area contributed by atoms with Gasteiger partial charge in [0.15, 0.2) is 5.13 Å².